The molecule has 0 saturated carbocycles. The molecule has 0 bridgehead atoms. The number of sulfonamides is 1. The second kappa shape index (κ2) is 6.79. The Bertz CT molecular complexity index is 288. The number of rotatable bonds is 7. The van der Waals surface area contributed by atoms with Gasteiger partial charge in [0, 0.05) is 18.5 Å². The first-order valence-corrected chi connectivity index (χ1v) is 7.85. The summed E-state index contributed by atoms with van der Waals surface area (Å²) in [6.45, 7) is 3.08. The Balaban J connectivity index is 2.23. The minimum Gasteiger partial charge on any atom is -0.377 e. The average Bonchev–Trinajstić information content (AvgIpc) is 2.69. The van der Waals surface area contributed by atoms with Gasteiger partial charge in [-0.1, -0.05) is 6.92 Å². The first-order chi connectivity index (χ1) is 7.53. The molecule has 0 aromatic carbocycles. The molecule has 2 atom stereocenters. The van der Waals surface area contributed by atoms with E-state index in [9.17, 15) is 8.42 Å². The van der Waals surface area contributed by atoms with Gasteiger partial charge in [-0.05, 0) is 25.7 Å². The van der Waals surface area contributed by atoms with Gasteiger partial charge in [0.25, 0.3) is 0 Å². The van der Waals surface area contributed by atoms with Gasteiger partial charge < -0.3 is 4.74 Å². The fourth-order valence-corrected chi connectivity index (χ4v) is 3.06. The molecule has 1 heterocycles. The molecule has 1 aliphatic heterocycles. The molecule has 1 N–H and O–H groups in total. The van der Waals surface area contributed by atoms with E-state index in [1.807, 2.05) is 6.92 Å². The fraction of sp³-hybridized carbons (Fsp3) is 1.00. The molecule has 0 aromatic heterocycles. The minimum atomic E-state index is -3.20. The molecule has 1 aliphatic rings. The van der Waals surface area contributed by atoms with Gasteiger partial charge in [0.15, 0.2) is 0 Å². The predicted octanol–water partition coefficient (Wildman–Crippen LogP) is 1.49. The fourth-order valence-electron chi connectivity index (χ4n) is 1.65. The maximum absolute atomic E-state index is 11.6. The molecule has 1 rings (SSSR count). The second-order valence-corrected chi connectivity index (χ2v) is 6.57. The zero-order chi connectivity index (χ0) is 12.0. The highest BCUT2D eigenvalue weighted by molar-refractivity contribution is 7.89. The second-order valence-electron chi connectivity index (χ2n) is 4.10. The molecular weight excluding hydrogens is 250 g/mol. The number of hydrogen-bond donors (Lipinski definition) is 1. The van der Waals surface area contributed by atoms with E-state index in [1.165, 1.54) is 0 Å². The van der Waals surface area contributed by atoms with Crippen molar-refractivity contribution < 1.29 is 13.2 Å². The van der Waals surface area contributed by atoms with Crippen LogP contribution in [0.4, 0.5) is 0 Å². The first kappa shape index (κ1) is 14.2. The molecule has 0 aromatic rings. The van der Waals surface area contributed by atoms with Crippen molar-refractivity contribution in [2.45, 2.75) is 44.1 Å². The Morgan fingerprint density at radius 2 is 2.31 bits per heavy atom. The van der Waals surface area contributed by atoms with Crippen molar-refractivity contribution in [2.75, 3.05) is 18.9 Å². The van der Waals surface area contributed by atoms with Crippen molar-refractivity contribution in [1.29, 1.82) is 0 Å². The van der Waals surface area contributed by atoms with Gasteiger partial charge in [-0.15, -0.1) is 11.6 Å². The van der Waals surface area contributed by atoms with Crippen molar-refractivity contribution in [3.8, 4) is 0 Å². The smallest absolute Gasteiger partial charge is 0.214 e. The van der Waals surface area contributed by atoms with Gasteiger partial charge in [0.2, 0.25) is 10.0 Å². The van der Waals surface area contributed by atoms with Gasteiger partial charge in [-0.25, -0.2) is 13.1 Å². The van der Waals surface area contributed by atoms with Gasteiger partial charge in [0.1, 0.15) is 0 Å². The van der Waals surface area contributed by atoms with Gasteiger partial charge in [-0.2, -0.15) is 0 Å². The Morgan fingerprint density at radius 1 is 1.56 bits per heavy atom. The van der Waals surface area contributed by atoms with Gasteiger partial charge >= 0.3 is 0 Å². The lowest BCUT2D eigenvalue weighted by Crippen LogP contribution is -2.33. The SMILES string of the molecule is CCC(Cl)CCNS(=O)(=O)CC1CCCO1. The third-order valence-corrected chi connectivity index (χ3v) is 4.63. The molecule has 1 saturated heterocycles. The van der Waals surface area contributed by atoms with Crippen molar-refractivity contribution in [2.24, 2.45) is 0 Å². The zero-order valence-corrected chi connectivity index (χ0v) is 11.2. The number of halogens is 1. The number of nitrogens with one attached hydrogen (secondary N) is 1. The molecule has 96 valence electrons. The summed E-state index contributed by atoms with van der Waals surface area (Å²) in [4.78, 5) is 0. The zero-order valence-electron chi connectivity index (χ0n) is 9.62. The first-order valence-electron chi connectivity index (χ1n) is 5.76. The summed E-state index contributed by atoms with van der Waals surface area (Å²) in [6, 6.07) is 0. The summed E-state index contributed by atoms with van der Waals surface area (Å²) in [7, 11) is -3.20. The molecule has 1 fully saturated rings. The van der Waals surface area contributed by atoms with Crippen LogP contribution >= 0.6 is 11.6 Å². The largest absolute Gasteiger partial charge is 0.377 e. The summed E-state index contributed by atoms with van der Waals surface area (Å²) in [5.41, 5.74) is 0. The van der Waals surface area contributed by atoms with Crippen LogP contribution in [0.3, 0.4) is 0 Å². The van der Waals surface area contributed by atoms with E-state index in [0.29, 0.717) is 19.6 Å². The molecule has 6 heteroatoms. The summed E-state index contributed by atoms with van der Waals surface area (Å²) < 4.78 is 31.1. The summed E-state index contributed by atoms with van der Waals surface area (Å²) in [6.07, 6.45) is 3.20. The van der Waals surface area contributed by atoms with Crippen molar-refractivity contribution in [1.82, 2.24) is 4.72 Å². The van der Waals surface area contributed by atoms with E-state index in [2.05, 4.69) is 4.72 Å². The summed E-state index contributed by atoms with van der Waals surface area (Å²) in [5.74, 6) is 0.0755. The highest BCUT2D eigenvalue weighted by Gasteiger charge is 2.22. The highest BCUT2D eigenvalue weighted by atomic mass is 35.5. The van der Waals surface area contributed by atoms with Crippen LogP contribution < -0.4 is 4.72 Å². The maximum Gasteiger partial charge on any atom is 0.214 e. The number of alkyl halides is 1. The van der Waals surface area contributed by atoms with E-state index >= 15 is 0 Å². The number of hydrogen-bond acceptors (Lipinski definition) is 3. The third-order valence-electron chi connectivity index (χ3n) is 2.65. The lowest BCUT2D eigenvalue weighted by Gasteiger charge is -2.12. The quantitative estimate of drug-likeness (QED) is 0.713. The van der Waals surface area contributed by atoms with Crippen molar-refractivity contribution in [3.63, 3.8) is 0 Å². The van der Waals surface area contributed by atoms with Gasteiger partial charge in [0.05, 0.1) is 11.9 Å². The average molecular weight is 270 g/mol. The minimum absolute atomic E-state index is 0.0467. The van der Waals surface area contributed by atoms with E-state index in [1.54, 1.807) is 0 Å². The van der Waals surface area contributed by atoms with Crippen molar-refractivity contribution in [3.05, 3.63) is 0 Å². The van der Waals surface area contributed by atoms with Crippen LogP contribution in [0.25, 0.3) is 0 Å². The molecule has 16 heavy (non-hydrogen) atoms. The monoisotopic (exact) mass is 269 g/mol. The van der Waals surface area contributed by atoms with E-state index in [4.69, 9.17) is 16.3 Å². The Labute approximate surface area is 103 Å². The van der Waals surface area contributed by atoms with Crippen LogP contribution in [0.1, 0.15) is 32.6 Å². The summed E-state index contributed by atoms with van der Waals surface area (Å²) in [5, 5.41) is 0.0467. The lowest BCUT2D eigenvalue weighted by molar-refractivity contribution is 0.127. The Kier molecular flexibility index (Phi) is 6.03. The van der Waals surface area contributed by atoms with Crippen LogP contribution in [-0.4, -0.2) is 38.8 Å². The molecule has 0 amide bonds. The topological polar surface area (TPSA) is 55.4 Å². The maximum atomic E-state index is 11.6. The normalized spacial score (nSPS) is 23.5. The number of ether oxygens (including phenoxy) is 1. The Morgan fingerprint density at radius 3 is 2.88 bits per heavy atom. The molecular formula is C10H20ClNO3S. The van der Waals surface area contributed by atoms with E-state index in [0.717, 1.165) is 19.3 Å². The van der Waals surface area contributed by atoms with E-state index < -0.39 is 10.0 Å². The molecule has 0 spiro atoms. The van der Waals surface area contributed by atoms with Crippen LogP contribution in [0.2, 0.25) is 0 Å². The summed E-state index contributed by atoms with van der Waals surface area (Å²) >= 11 is 5.90. The van der Waals surface area contributed by atoms with Crippen LogP contribution in [-0.2, 0) is 14.8 Å². The molecule has 0 radical (unpaired) electrons. The van der Waals surface area contributed by atoms with E-state index in [-0.39, 0.29) is 17.2 Å². The standard InChI is InChI=1S/C10H20ClNO3S/c1-2-9(11)5-6-12-16(13,14)8-10-4-3-7-15-10/h9-10,12H,2-8H2,1H3. The highest BCUT2D eigenvalue weighted by Crippen LogP contribution is 2.13. The molecule has 2 unspecified atom stereocenters. The third kappa shape index (κ3) is 5.48. The Hall–Kier alpha value is 0.160. The lowest BCUT2D eigenvalue weighted by atomic mass is 10.2. The molecule has 0 aliphatic carbocycles. The van der Waals surface area contributed by atoms with Crippen LogP contribution in [0.15, 0.2) is 0 Å². The van der Waals surface area contributed by atoms with Gasteiger partial charge in [-0.3, -0.25) is 0 Å². The van der Waals surface area contributed by atoms with Crippen molar-refractivity contribution >= 4 is 21.6 Å². The van der Waals surface area contributed by atoms with Crippen LogP contribution in [0.5, 0.6) is 0 Å². The predicted molar refractivity (Wildman–Crippen MR) is 65.3 cm³/mol. The van der Waals surface area contributed by atoms with Crippen LogP contribution in [0, 0.1) is 0 Å². The molecule has 4 nitrogen and oxygen atoms in total.